The predicted molar refractivity (Wildman–Crippen MR) is 91.5 cm³/mol. The van der Waals surface area contributed by atoms with Gasteiger partial charge in [-0.05, 0) is 36.9 Å². The summed E-state index contributed by atoms with van der Waals surface area (Å²) in [4.78, 5) is 26.8. The van der Waals surface area contributed by atoms with Gasteiger partial charge in [0, 0.05) is 25.6 Å². The number of amides is 2. The maximum absolute atomic E-state index is 12.8. The Hall–Kier alpha value is -2.12. The summed E-state index contributed by atoms with van der Waals surface area (Å²) in [7, 11) is 0. The summed E-state index contributed by atoms with van der Waals surface area (Å²) in [6.45, 7) is 4.73. The van der Waals surface area contributed by atoms with Crippen molar-refractivity contribution < 1.29 is 18.7 Å². The minimum atomic E-state index is -0.358. The molecule has 3 rings (SSSR count). The van der Waals surface area contributed by atoms with E-state index in [4.69, 9.17) is 9.15 Å². The highest BCUT2D eigenvalue weighted by Crippen LogP contribution is 2.26. The summed E-state index contributed by atoms with van der Waals surface area (Å²) in [6.07, 6.45) is 2.42. The second-order valence-corrected chi connectivity index (χ2v) is 6.58. The highest BCUT2D eigenvalue weighted by molar-refractivity contribution is 7.14. The van der Waals surface area contributed by atoms with Crippen molar-refractivity contribution in [2.24, 2.45) is 5.92 Å². The SMILES string of the molecule is CCN(C[C@H]1CCOC1)C(=O)c1ccsc1NC(=O)c1ccco1. The molecule has 24 heavy (non-hydrogen) atoms. The number of thiophene rings is 1. The molecule has 2 aromatic heterocycles. The molecule has 0 radical (unpaired) electrons. The van der Waals surface area contributed by atoms with Crippen LogP contribution >= 0.6 is 11.3 Å². The van der Waals surface area contributed by atoms with Crippen LogP contribution in [-0.4, -0.2) is 43.0 Å². The van der Waals surface area contributed by atoms with E-state index >= 15 is 0 Å². The van der Waals surface area contributed by atoms with Crippen LogP contribution in [0.15, 0.2) is 34.3 Å². The number of ether oxygens (including phenoxy) is 1. The number of carbonyl (C=O) groups is 2. The zero-order valence-corrected chi connectivity index (χ0v) is 14.3. The van der Waals surface area contributed by atoms with Gasteiger partial charge in [-0.1, -0.05) is 0 Å². The smallest absolute Gasteiger partial charge is 0.291 e. The topological polar surface area (TPSA) is 71.8 Å². The molecule has 1 atom stereocenters. The number of nitrogens with zero attached hydrogens (tertiary/aromatic N) is 1. The molecule has 1 aliphatic rings. The molecule has 0 spiro atoms. The Morgan fingerprint density at radius 1 is 1.42 bits per heavy atom. The van der Waals surface area contributed by atoms with Crippen molar-refractivity contribution in [3.8, 4) is 0 Å². The highest BCUT2D eigenvalue weighted by atomic mass is 32.1. The molecule has 2 amide bonds. The van der Waals surface area contributed by atoms with Crippen LogP contribution in [0, 0.1) is 5.92 Å². The number of rotatable bonds is 6. The molecule has 0 saturated carbocycles. The van der Waals surface area contributed by atoms with Gasteiger partial charge in [0.2, 0.25) is 0 Å². The van der Waals surface area contributed by atoms with Crippen molar-refractivity contribution >= 4 is 28.2 Å². The standard InChI is InChI=1S/C17H20N2O4S/c1-2-19(10-12-5-8-22-11-12)17(21)13-6-9-24-16(13)18-15(20)14-4-3-7-23-14/h3-4,6-7,9,12H,2,5,8,10-11H2,1H3,(H,18,20)/t12-/m1/s1. The summed E-state index contributed by atoms with van der Waals surface area (Å²) >= 11 is 1.33. The fourth-order valence-electron chi connectivity index (χ4n) is 2.71. The molecular weight excluding hydrogens is 328 g/mol. The van der Waals surface area contributed by atoms with Crippen molar-refractivity contribution in [3.63, 3.8) is 0 Å². The van der Waals surface area contributed by atoms with Crippen molar-refractivity contribution in [2.45, 2.75) is 13.3 Å². The third-order valence-corrected chi connectivity index (χ3v) is 4.87. The summed E-state index contributed by atoms with van der Waals surface area (Å²) < 4.78 is 10.5. The summed E-state index contributed by atoms with van der Waals surface area (Å²) in [5.41, 5.74) is 0.515. The van der Waals surface area contributed by atoms with Crippen molar-refractivity contribution in [3.05, 3.63) is 41.2 Å². The van der Waals surface area contributed by atoms with Gasteiger partial charge in [0.25, 0.3) is 11.8 Å². The van der Waals surface area contributed by atoms with Crippen LogP contribution in [0.1, 0.15) is 34.3 Å². The van der Waals surface area contributed by atoms with Gasteiger partial charge in [-0.2, -0.15) is 0 Å². The van der Waals surface area contributed by atoms with E-state index in [9.17, 15) is 9.59 Å². The van der Waals surface area contributed by atoms with Crippen LogP contribution in [0.5, 0.6) is 0 Å². The number of anilines is 1. The van der Waals surface area contributed by atoms with Gasteiger partial charge < -0.3 is 19.4 Å². The van der Waals surface area contributed by atoms with E-state index in [0.29, 0.717) is 36.2 Å². The number of hydrogen-bond acceptors (Lipinski definition) is 5. The largest absolute Gasteiger partial charge is 0.459 e. The average molecular weight is 348 g/mol. The molecule has 1 aliphatic heterocycles. The predicted octanol–water partition coefficient (Wildman–Crippen LogP) is 3.09. The van der Waals surface area contributed by atoms with Crippen LogP contribution in [0.2, 0.25) is 0 Å². The molecule has 0 bridgehead atoms. The minimum Gasteiger partial charge on any atom is -0.459 e. The molecule has 1 fully saturated rings. The fourth-order valence-corrected chi connectivity index (χ4v) is 3.49. The van der Waals surface area contributed by atoms with Gasteiger partial charge in [0.15, 0.2) is 5.76 Å². The van der Waals surface area contributed by atoms with Gasteiger partial charge in [0.1, 0.15) is 5.00 Å². The number of carbonyl (C=O) groups excluding carboxylic acids is 2. The number of nitrogens with one attached hydrogen (secondary N) is 1. The van der Waals surface area contributed by atoms with Gasteiger partial charge >= 0.3 is 0 Å². The normalized spacial score (nSPS) is 17.0. The van der Waals surface area contributed by atoms with Crippen LogP contribution in [0.25, 0.3) is 0 Å². The molecule has 0 aliphatic carbocycles. The van der Waals surface area contributed by atoms with E-state index in [1.807, 2.05) is 11.8 Å². The summed E-state index contributed by atoms with van der Waals surface area (Å²) in [5.74, 6) is 0.176. The summed E-state index contributed by atoms with van der Waals surface area (Å²) in [5, 5.41) is 5.11. The Bertz CT molecular complexity index is 689. The van der Waals surface area contributed by atoms with E-state index in [1.165, 1.54) is 17.6 Å². The van der Waals surface area contributed by atoms with Gasteiger partial charge in [0.05, 0.1) is 18.4 Å². The van der Waals surface area contributed by atoms with E-state index in [1.54, 1.807) is 23.6 Å². The lowest BCUT2D eigenvalue weighted by molar-refractivity contribution is 0.0732. The Balaban J connectivity index is 1.70. The minimum absolute atomic E-state index is 0.0691. The number of hydrogen-bond donors (Lipinski definition) is 1. The second kappa shape index (κ2) is 7.63. The Morgan fingerprint density at radius 3 is 2.96 bits per heavy atom. The van der Waals surface area contributed by atoms with Crippen LogP contribution in [-0.2, 0) is 4.74 Å². The molecule has 7 heteroatoms. The quantitative estimate of drug-likeness (QED) is 0.871. The Morgan fingerprint density at radius 2 is 2.29 bits per heavy atom. The molecule has 0 unspecified atom stereocenters. The Kier molecular flexibility index (Phi) is 5.32. The van der Waals surface area contributed by atoms with Gasteiger partial charge in [-0.15, -0.1) is 11.3 Å². The zero-order chi connectivity index (χ0) is 16.9. The average Bonchev–Trinajstić information content (AvgIpc) is 3.33. The lowest BCUT2D eigenvalue weighted by Crippen LogP contribution is -2.35. The third kappa shape index (κ3) is 3.68. The lowest BCUT2D eigenvalue weighted by Gasteiger charge is -2.24. The third-order valence-electron chi connectivity index (χ3n) is 4.04. The number of furan rings is 1. The van der Waals surface area contributed by atoms with Crippen molar-refractivity contribution in [1.29, 1.82) is 0 Å². The van der Waals surface area contributed by atoms with Crippen molar-refractivity contribution in [2.75, 3.05) is 31.6 Å². The van der Waals surface area contributed by atoms with Crippen LogP contribution < -0.4 is 5.32 Å². The van der Waals surface area contributed by atoms with E-state index in [0.717, 1.165) is 13.0 Å². The van der Waals surface area contributed by atoms with Crippen molar-refractivity contribution in [1.82, 2.24) is 4.90 Å². The summed E-state index contributed by atoms with van der Waals surface area (Å²) in [6, 6.07) is 4.99. The lowest BCUT2D eigenvalue weighted by atomic mass is 10.1. The van der Waals surface area contributed by atoms with Gasteiger partial charge in [-0.3, -0.25) is 9.59 Å². The van der Waals surface area contributed by atoms with E-state index < -0.39 is 0 Å². The van der Waals surface area contributed by atoms with Crippen LogP contribution in [0.4, 0.5) is 5.00 Å². The zero-order valence-electron chi connectivity index (χ0n) is 13.5. The van der Waals surface area contributed by atoms with Gasteiger partial charge in [-0.25, -0.2) is 0 Å². The molecular formula is C17H20N2O4S. The highest BCUT2D eigenvalue weighted by Gasteiger charge is 2.25. The first-order valence-electron chi connectivity index (χ1n) is 7.98. The van der Waals surface area contributed by atoms with E-state index in [2.05, 4.69) is 5.32 Å². The van der Waals surface area contributed by atoms with E-state index in [-0.39, 0.29) is 17.6 Å². The maximum atomic E-state index is 12.8. The van der Waals surface area contributed by atoms with Crippen LogP contribution in [0.3, 0.4) is 0 Å². The molecule has 1 N–H and O–H groups in total. The monoisotopic (exact) mass is 348 g/mol. The maximum Gasteiger partial charge on any atom is 0.291 e. The second-order valence-electron chi connectivity index (χ2n) is 5.67. The molecule has 3 heterocycles. The fraction of sp³-hybridized carbons (Fsp3) is 0.412. The molecule has 0 aromatic carbocycles. The molecule has 128 valence electrons. The molecule has 1 saturated heterocycles. The first-order chi connectivity index (χ1) is 11.7. The Labute approximate surface area is 144 Å². The first-order valence-corrected chi connectivity index (χ1v) is 8.86. The molecule has 6 nitrogen and oxygen atoms in total. The first kappa shape index (κ1) is 16.7. The molecule has 2 aromatic rings.